The number of hydrogen-bond acceptors (Lipinski definition) is 0. The molecule has 4 saturated carbocycles. The molecule has 0 nitrogen and oxygen atoms in total. The predicted octanol–water partition coefficient (Wildman–Crippen LogP) is 5.87. The highest BCUT2D eigenvalue weighted by Gasteiger charge is 2.87. The molecule has 0 N–H and O–H groups in total. The van der Waals surface area contributed by atoms with Crippen LogP contribution >= 0.6 is 0 Å². The largest absolute Gasteiger partial charge is 0.157 e. The van der Waals surface area contributed by atoms with E-state index in [2.05, 4.69) is 34.1 Å². The first kappa shape index (κ1) is 13.5. The van der Waals surface area contributed by atoms with Crippen LogP contribution in [-0.4, -0.2) is 0 Å². The molecule has 4 unspecified atom stereocenters. The van der Waals surface area contributed by atoms with Gasteiger partial charge in [-0.3, -0.25) is 0 Å². The second-order valence-electron chi connectivity index (χ2n) is 9.67. The summed E-state index contributed by atoms with van der Waals surface area (Å²) in [5, 5.41) is 0. The maximum absolute atomic E-state index is 2.90. The van der Waals surface area contributed by atoms with Gasteiger partial charge in [0.2, 0.25) is 0 Å². The van der Waals surface area contributed by atoms with E-state index in [0.29, 0.717) is 16.2 Å². The summed E-state index contributed by atoms with van der Waals surface area (Å²) in [5.74, 6) is 3.98. The Labute approximate surface area is 126 Å². The monoisotopic (exact) mass is 273 g/mol. The Morgan fingerprint density at radius 3 is 2.50 bits per heavy atom. The van der Waals surface area contributed by atoms with Gasteiger partial charge in [0.15, 0.2) is 10.8 Å². The van der Waals surface area contributed by atoms with Gasteiger partial charge in [-0.1, -0.05) is 27.7 Å². The van der Waals surface area contributed by atoms with E-state index >= 15 is 0 Å². The third-order valence-electron chi connectivity index (χ3n) is 8.27. The average molecular weight is 273 g/mol. The summed E-state index contributed by atoms with van der Waals surface area (Å²) < 4.78 is 0. The van der Waals surface area contributed by atoms with Crippen molar-refractivity contribution in [3.05, 3.63) is 6.42 Å². The number of rotatable bonds is 1. The molecular formula is C20H33+. The SMILES string of the molecule is CC(C)C1CC[C@]23[CH+]C24CCCC(C)(C)C4CCC3C1. The van der Waals surface area contributed by atoms with Crippen LogP contribution in [0, 0.1) is 46.3 Å². The molecule has 0 heteroatoms. The minimum atomic E-state index is 0.609. The fourth-order valence-electron chi connectivity index (χ4n) is 7.16. The Morgan fingerprint density at radius 1 is 0.950 bits per heavy atom. The molecular weight excluding hydrogens is 240 g/mol. The molecule has 0 saturated heterocycles. The summed E-state index contributed by atoms with van der Waals surface area (Å²) in [5.41, 5.74) is 2.01. The zero-order valence-electron chi connectivity index (χ0n) is 14.0. The van der Waals surface area contributed by atoms with Crippen LogP contribution in [0.1, 0.15) is 79.1 Å². The van der Waals surface area contributed by atoms with E-state index in [9.17, 15) is 0 Å². The smallest absolute Gasteiger partial charge is 0.0625 e. The highest BCUT2D eigenvalue weighted by molar-refractivity contribution is 5.36. The fraction of sp³-hybridized carbons (Fsp3) is 0.950. The van der Waals surface area contributed by atoms with Gasteiger partial charge in [0.25, 0.3) is 0 Å². The summed E-state index contributed by atoms with van der Waals surface area (Å²) >= 11 is 0. The van der Waals surface area contributed by atoms with Crippen molar-refractivity contribution in [2.75, 3.05) is 0 Å². The zero-order chi connectivity index (χ0) is 14.2. The van der Waals surface area contributed by atoms with Gasteiger partial charge in [-0.15, -0.1) is 0 Å². The fourth-order valence-corrected chi connectivity index (χ4v) is 7.16. The Kier molecular flexibility index (Phi) is 2.70. The van der Waals surface area contributed by atoms with Crippen molar-refractivity contribution in [1.29, 1.82) is 0 Å². The molecule has 20 heavy (non-hydrogen) atoms. The van der Waals surface area contributed by atoms with Gasteiger partial charge in [-0.05, 0) is 68.6 Å². The van der Waals surface area contributed by atoms with E-state index < -0.39 is 0 Å². The average Bonchev–Trinajstić information content (AvgIpc) is 3.02. The topological polar surface area (TPSA) is 0 Å². The minimum Gasteiger partial charge on any atom is -0.0625 e. The van der Waals surface area contributed by atoms with Gasteiger partial charge in [0, 0.05) is 11.8 Å². The molecule has 0 aromatic heterocycles. The van der Waals surface area contributed by atoms with Crippen molar-refractivity contribution < 1.29 is 0 Å². The van der Waals surface area contributed by atoms with Crippen LogP contribution < -0.4 is 0 Å². The van der Waals surface area contributed by atoms with Crippen LogP contribution in [0.5, 0.6) is 0 Å². The van der Waals surface area contributed by atoms with E-state index in [-0.39, 0.29) is 0 Å². The van der Waals surface area contributed by atoms with Crippen molar-refractivity contribution in [2.24, 2.45) is 39.9 Å². The lowest BCUT2D eigenvalue weighted by Gasteiger charge is -2.49. The van der Waals surface area contributed by atoms with E-state index in [1.54, 1.807) is 6.42 Å². The Morgan fingerprint density at radius 2 is 1.75 bits per heavy atom. The van der Waals surface area contributed by atoms with Gasteiger partial charge in [0.1, 0.15) is 0 Å². The van der Waals surface area contributed by atoms with E-state index in [0.717, 1.165) is 23.7 Å². The van der Waals surface area contributed by atoms with Gasteiger partial charge in [-0.25, -0.2) is 0 Å². The van der Waals surface area contributed by atoms with Crippen molar-refractivity contribution in [3.8, 4) is 0 Å². The molecule has 0 amide bonds. The summed E-state index contributed by atoms with van der Waals surface area (Å²) in [6, 6.07) is 0. The molecule has 0 radical (unpaired) electrons. The molecule has 0 bridgehead atoms. The predicted molar refractivity (Wildman–Crippen MR) is 85.2 cm³/mol. The van der Waals surface area contributed by atoms with Gasteiger partial charge >= 0.3 is 0 Å². The maximum atomic E-state index is 2.90. The quantitative estimate of drug-likeness (QED) is 0.524. The van der Waals surface area contributed by atoms with Crippen molar-refractivity contribution in [3.63, 3.8) is 0 Å². The second-order valence-corrected chi connectivity index (χ2v) is 9.67. The molecule has 4 aliphatic carbocycles. The minimum absolute atomic E-state index is 0.609. The molecule has 112 valence electrons. The molecule has 0 heterocycles. The van der Waals surface area contributed by atoms with E-state index in [1.165, 1.54) is 44.9 Å². The third kappa shape index (κ3) is 1.52. The van der Waals surface area contributed by atoms with Gasteiger partial charge in [-0.2, -0.15) is 0 Å². The molecule has 4 rings (SSSR count). The van der Waals surface area contributed by atoms with Crippen LogP contribution in [0.3, 0.4) is 0 Å². The van der Waals surface area contributed by atoms with Crippen LogP contribution in [0.25, 0.3) is 0 Å². The summed E-state index contributed by atoms with van der Waals surface area (Å²) in [6.45, 7) is 10.0. The van der Waals surface area contributed by atoms with Gasteiger partial charge < -0.3 is 0 Å². The number of hydrogen-bond donors (Lipinski definition) is 0. The third-order valence-corrected chi connectivity index (χ3v) is 8.27. The summed E-state index contributed by atoms with van der Waals surface area (Å²) in [4.78, 5) is 0. The summed E-state index contributed by atoms with van der Waals surface area (Å²) in [7, 11) is 0. The Bertz CT molecular complexity index is 406. The van der Waals surface area contributed by atoms with Crippen LogP contribution in [0.4, 0.5) is 0 Å². The normalized spacial score (nSPS) is 52.5. The molecule has 0 aliphatic heterocycles. The molecule has 0 aromatic rings. The van der Waals surface area contributed by atoms with Crippen molar-refractivity contribution in [1.82, 2.24) is 0 Å². The molecule has 4 aliphatic rings. The highest BCUT2D eigenvalue weighted by Crippen LogP contribution is 2.83. The first-order valence-corrected chi connectivity index (χ1v) is 9.28. The van der Waals surface area contributed by atoms with E-state index in [1.807, 2.05) is 0 Å². The Balaban J connectivity index is 1.62. The lowest BCUT2D eigenvalue weighted by atomic mass is 9.50. The maximum Gasteiger partial charge on any atom is 0.157 e. The van der Waals surface area contributed by atoms with Crippen LogP contribution in [0.2, 0.25) is 0 Å². The van der Waals surface area contributed by atoms with E-state index in [4.69, 9.17) is 0 Å². The van der Waals surface area contributed by atoms with Crippen LogP contribution in [0.15, 0.2) is 0 Å². The first-order chi connectivity index (χ1) is 9.41. The molecule has 5 atom stereocenters. The van der Waals surface area contributed by atoms with Gasteiger partial charge in [0.05, 0.1) is 6.42 Å². The lowest BCUT2D eigenvalue weighted by Crippen LogP contribution is -2.46. The lowest BCUT2D eigenvalue weighted by molar-refractivity contribution is -0.0508. The second kappa shape index (κ2) is 3.99. The van der Waals surface area contributed by atoms with Crippen molar-refractivity contribution in [2.45, 2.75) is 79.1 Å². The standard InChI is InChI=1S/C20H33/c1-14(2)15-8-11-19-13-20(19)10-5-9-18(3,4)17(20)7-6-16(19)12-15/h13-17H,5-12H2,1-4H3/q+1/t15?,16?,17?,19-,20?/m1/s1. The van der Waals surface area contributed by atoms with Crippen LogP contribution in [-0.2, 0) is 0 Å². The molecule has 0 aromatic carbocycles. The zero-order valence-corrected chi connectivity index (χ0v) is 14.0. The highest BCUT2D eigenvalue weighted by atomic mass is 14.8. The van der Waals surface area contributed by atoms with Crippen molar-refractivity contribution >= 4 is 0 Å². The molecule has 2 spiro atoms. The summed E-state index contributed by atoms with van der Waals surface area (Å²) in [6.07, 6.45) is 15.1. The first-order valence-electron chi connectivity index (χ1n) is 9.28. The molecule has 4 fully saturated rings. The Hall–Kier alpha value is -0.130.